The van der Waals surface area contributed by atoms with Gasteiger partial charge in [-0.25, -0.2) is 0 Å². The number of benzene rings is 3. The highest BCUT2D eigenvalue weighted by molar-refractivity contribution is 5.94. The van der Waals surface area contributed by atoms with Crippen molar-refractivity contribution in [3.8, 4) is 5.75 Å². The number of para-hydroxylation sites is 1. The van der Waals surface area contributed by atoms with Gasteiger partial charge in [-0.2, -0.15) is 0 Å². The first-order valence-electron chi connectivity index (χ1n) is 10.2. The van der Waals surface area contributed by atoms with Crippen LogP contribution in [0.1, 0.15) is 17.5 Å². The predicted octanol–water partition coefficient (Wildman–Crippen LogP) is 4.70. The Kier molecular flexibility index (Phi) is 6.10. The number of hydrogen-bond donors (Lipinski definition) is 1. The average Bonchev–Trinajstić information content (AvgIpc) is 2.76. The van der Waals surface area contributed by atoms with Crippen LogP contribution in [0.4, 0.5) is 11.4 Å². The van der Waals surface area contributed by atoms with Gasteiger partial charge >= 0.3 is 0 Å². The number of carbonyl (C=O) groups is 1. The Balaban J connectivity index is 1.27. The first-order chi connectivity index (χ1) is 14.3. The second-order valence-electron chi connectivity index (χ2n) is 7.31. The lowest BCUT2D eigenvalue weighted by Gasteiger charge is -2.30. The van der Waals surface area contributed by atoms with E-state index in [4.69, 9.17) is 4.74 Å². The van der Waals surface area contributed by atoms with E-state index in [-0.39, 0.29) is 5.91 Å². The van der Waals surface area contributed by atoms with Crippen LogP contribution in [0.3, 0.4) is 0 Å². The van der Waals surface area contributed by atoms with Gasteiger partial charge in [-0.1, -0.05) is 48.5 Å². The van der Waals surface area contributed by atoms with Gasteiger partial charge < -0.3 is 15.0 Å². The molecule has 4 nitrogen and oxygen atoms in total. The molecule has 1 aliphatic heterocycles. The highest BCUT2D eigenvalue weighted by Gasteiger charge is 2.18. The second kappa shape index (κ2) is 9.28. The molecule has 0 fully saturated rings. The first kappa shape index (κ1) is 19.1. The third-order valence-corrected chi connectivity index (χ3v) is 5.18. The molecule has 0 saturated carbocycles. The van der Waals surface area contributed by atoms with E-state index in [2.05, 4.69) is 40.5 Å². The van der Waals surface area contributed by atoms with Crippen molar-refractivity contribution in [2.24, 2.45) is 0 Å². The quantitative estimate of drug-likeness (QED) is 0.640. The number of amides is 1. The van der Waals surface area contributed by atoms with Crippen LogP contribution in [0.5, 0.6) is 5.75 Å². The lowest BCUT2D eigenvalue weighted by Crippen LogP contribution is -2.36. The minimum atomic E-state index is -0.000510. The third kappa shape index (κ3) is 5.17. The van der Waals surface area contributed by atoms with Crippen LogP contribution in [-0.4, -0.2) is 25.6 Å². The van der Waals surface area contributed by atoms with Gasteiger partial charge in [0.15, 0.2) is 0 Å². The molecular formula is C25H26N2O2. The summed E-state index contributed by atoms with van der Waals surface area (Å²) >= 11 is 0. The van der Waals surface area contributed by atoms with Crippen molar-refractivity contribution in [3.05, 3.63) is 90.0 Å². The van der Waals surface area contributed by atoms with E-state index < -0.39 is 0 Å². The molecule has 0 aliphatic carbocycles. The fourth-order valence-electron chi connectivity index (χ4n) is 3.72. The standard InChI is InChI=1S/C25H26N2O2/c28-25(19-27-17-6-10-21-9-4-5-11-24(21)27)26-22-12-14-23(15-13-22)29-18-16-20-7-2-1-3-8-20/h1-5,7-9,11-15H,6,10,16-19H2,(H,26,28). The lowest BCUT2D eigenvalue weighted by molar-refractivity contribution is -0.115. The summed E-state index contributed by atoms with van der Waals surface area (Å²) in [6.45, 7) is 1.91. The van der Waals surface area contributed by atoms with Crippen LogP contribution in [0.15, 0.2) is 78.9 Å². The van der Waals surface area contributed by atoms with Gasteiger partial charge in [0.25, 0.3) is 0 Å². The summed E-state index contributed by atoms with van der Waals surface area (Å²) in [5.41, 5.74) is 4.55. The van der Waals surface area contributed by atoms with Crippen LogP contribution < -0.4 is 15.0 Å². The molecule has 0 spiro atoms. The fraction of sp³-hybridized carbons (Fsp3) is 0.240. The largest absolute Gasteiger partial charge is 0.493 e. The number of nitrogens with zero attached hydrogens (tertiary/aromatic N) is 1. The molecule has 0 unspecified atom stereocenters. The minimum absolute atomic E-state index is 0.000510. The molecule has 0 bridgehead atoms. The molecule has 148 valence electrons. The van der Waals surface area contributed by atoms with Crippen molar-refractivity contribution in [2.75, 3.05) is 29.9 Å². The zero-order chi connectivity index (χ0) is 19.9. The van der Waals surface area contributed by atoms with Crippen LogP contribution in [0.2, 0.25) is 0 Å². The first-order valence-corrected chi connectivity index (χ1v) is 10.2. The smallest absolute Gasteiger partial charge is 0.243 e. The predicted molar refractivity (Wildman–Crippen MR) is 118 cm³/mol. The summed E-state index contributed by atoms with van der Waals surface area (Å²) in [5, 5.41) is 2.99. The van der Waals surface area contributed by atoms with Crippen LogP contribution in [-0.2, 0) is 17.6 Å². The SMILES string of the molecule is O=C(CN1CCCc2ccccc21)Nc1ccc(OCCc2ccccc2)cc1. The Labute approximate surface area is 172 Å². The maximum absolute atomic E-state index is 12.5. The van der Waals surface area contributed by atoms with E-state index in [0.717, 1.165) is 37.2 Å². The normalized spacial score (nSPS) is 12.9. The Bertz CT molecular complexity index is 939. The number of rotatable bonds is 7. The van der Waals surface area contributed by atoms with Gasteiger partial charge in [0.1, 0.15) is 5.75 Å². The molecule has 0 atom stereocenters. The topological polar surface area (TPSA) is 41.6 Å². The summed E-state index contributed by atoms with van der Waals surface area (Å²) in [5.74, 6) is 0.809. The maximum Gasteiger partial charge on any atom is 0.243 e. The van der Waals surface area contributed by atoms with Crippen LogP contribution in [0.25, 0.3) is 0 Å². The second-order valence-corrected chi connectivity index (χ2v) is 7.31. The summed E-state index contributed by atoms with van der Waals surface area (Å²) in [7, 11) is 0. The van der Waals surface area contributed by atoms with Crippen molar-refractivity contribution in [1.82, 2.24) is 0 Å². The molecule has 3 aromatic carbocycles. The summed E-state index contributed by atoms with van der Waals surface area (Å²) in [4.78, 5) is 14.7. The minimum Gasteiger partial charge on any atom is -0.493 e. The summed E-state index contributed by atoms with van der Waals surface area (Å²) in [6.07, 6.45) is 3.04. The number of nitrogens with one attached hydrogen (secondary N) is 1. The van der Waals surface area contributed by atoms with E-state index in [1.807, 2.05) is 48.5 Å². The van der Waals surface area contributed by atoms with E-state index in [1.54, 1.807) is 0 Å². The Morgan fingerprint density at radius 2 is 1.69 bits per heavy atom. The third-order valence-electron chi connectivity index (χ3n) is 5.18. The molecule has 1 N–H and O–H groups in total. The van der Waals surface area contributed by atoms with Gasteiger partial charge in [-0.15, -0.1) is 0 Å². The fourth-order valence-corrected chi connectivity index (χ4v) is 3.72. The summed E-state index contributed by atoms with van der Waals surface area (Å²) < 4.78 is 5.81. The molecule has 0 saturated heterocycles. The van der Waals surface area contributed by atoms with Crippen molar-refractivity contribution in [2.45, 2.75) is 19.3 Å². The highest BCUT2D eigenvalue weighted by Crippen LogP contribution is 2.26. The number of carbonyl (C=O) groups excluding carboxylic acids is 1. The van der Waals surface area contributed by atoms with Gasteiger partial charge in [0.2, 0.25) is 5.91 Å². The van der Waals surface area contributed by atoms with Crippen LogP contribution >= 0.6 is 0 Å². The number of anilines is 2. The van der Waals surface area contributed by atoms with Crippen molar-refractivity contribution < 1.29 is 9.53 Å². The molecule has 4 rings (SSSR count). The van der Waals surface area contributed by atoms with Gasteiger partial charge in [-0.3, -0.25) is 4.79 Å². The monoisotopic (exact) mass is 386 g/mol. The highest BCUT2D eigenvalue weighted by atomic mass is 16.5. The van der Waals surface area contributed by atoms with Gasteiger partial charge in [0.05, 0.1) is 13.2 Å². The number of fused-ring (bicyclic) bond motifs is 1. The Morgan fingerprint density at radius 3 is 2.52 bits per heavy atom. The van der Waals surface area contributed by atoms with E-state index >= 15 is 0 Å². The van der Waals surface area contributed by atoms with Gasteiger partial charge in [0, 0.05) is 24.3 Å². The van der Waals surface area contributed by atoms with E-state index in [9.17, 15) is 4.79 Å². The van der Waals surface area contributed by atoms with E-state index in [1.165, 1.54) is 16.8 Å². The van der Waals surface area contributed by atoms with Gasteiger partial charge in [-0.05, 0) is 54.3 Å². The zero-order valence-corrected chi connectivity index (χ0v) is 16.5. The molecule has 3 aromatic rings. The molecule has 0 radical (unpaired) electrons. The number of hydrogen-bond acceptors (Lipinski definition) is 3. The number of aryl methyl sites for hydroxylation is 1. The molecule has 1 heterocycles. The lowest BCUT2D eigenvalue weighted by atomic mass is 10.0. The zero-order valence-electron chi connectivity index (χ0n) is 16.5. The van der Waals surface area contributed by atoms with Crippen molar-refractivity contribution in [3.63, 3.8) is 0 Å². The Morgan fingerprint density at radius 1 is 0.931 bits per heavy atom. The van der Waals surface area contributed by atoms with E-state index in [0.29, 0.717) is 13.2 Å². The maximum atomic E-state index is 12.5. The molecule has 4 heteroatoms. The average molecular weight is 386 g/mol. The molecular weight excluding hydrogens is 360 g/mol. The molecule has 1 amide bonds. The molecule has 29 heavy (non-hydrogen) atoms. The number of ether oxygens (including phenoxy) is 1. The summed E-state index contributed by atoms with van der Waals surface area (Å²) in [6, 6.07) is 26.2. The van der Waals surface area contributed by atoms with Crippen LogP contribution in [0, 0.1) is 0 Å². The van der Waals surface area contributed by atoms with Crippen molar-refractivity contribution >= 4 is 17.3 Å². The molecule has 1 aliphatic rings. The Hall–Kier alpha value is -3.27. The van der Waals surface area contributed by atoms with Crippen molar-refractivity contribution in [1.29, 1.82) is 0 Å². The molecule has 0 aromatic heterocycles.